The Morgan fingerprint density at radius 3 is 2.38 bits per heavy atom. The number of benzene rings is 1. The number of hydrogen-bond acceptors (Lipinski definition) is 5. The van der Waals surface area contributed by atoms with Gasteiger partial charge in [-0.15, -0.1) is 0 Å². The third-order valence-corrected chi connectivity index (χ3v) is 3.56. The van der Waals surface area contributed by atoms with E-state index < -0.39 is 0 Å². The SMILES string of the molecule is COc1cc(NC(=O)c2cc3ncccc3[nH]2)cc(OC)c1OC. The molecule has 0 aliphatic heterocycles. The summed E-state index contributed by atoms with van der Waals surface area (Å²) in [6.07, 6.45) is 1.68. The molecule has 0 aliphatic rings. The molecular weight excluding hydrogens is 310 g/mol. The lowest BCUT2D eigenvalue weighted by Crippen LogP contribution is -2.12. The minimum Gasteiger partial charge on any atom is -0.493 e. The molecule has 0 saturated carbocycles. The number of aromatic nitrogens is 2. The maximum Gasteiger partial charge on any atom is 0.272 e. The van der Waals surface area contributed by atoms with E-state index in [0.29, 0.717) is 28.6 Å². The van der Waals surface area contributed by atoms with Crippen molar-refractivity contribution >= 4 is 22.6 Å². The second kappa shape index (κ2) is 6.49. The lowest BCUT2D eigenvalue weighted by atomic mass is 10.2. The Bertz CT molecular complexity index is 830. The topological polar surface area (TPSA) is 85.5 Å². The van der Waals surface area contributed by atoms with E-state index in [4.69, 9.17) is 14.2 Å². The summed E-state index contributed by atoms with van der Waals surface area (Å²) in [4.78, 5) is 19.7. The standard InChI is InChI=1S/C17H17N3O4/c1-22-14-7-10(8-15(23-2)16(14)24-3)19-17(21)13-9-12-11(20-13)5-4-6-18-12/h4-9,20H,1-3H3,(H,19,21). The van der Waals surface area contributed by atoms with E-state index in [0.717, 1.165) is 11.0 Å². The number of fused-ring (bicyclic) bond motifs is 1. The predicted octanol–water partition coefficient (Wildman–Crippen LogP) is 2.84. The Balaban J connectivity index is 1.91. The third kappa shape index (κ3) is 2.83. The van der Waals surface area contributed by atoms with Gasteiger partial charge in [-0.1, -0.05) is 0 Å². The number of amides is 1. The van der Waals surface area contributed by atoms with E-state index in [2.05, 4.69) is 15.3 Å². The van der Waals surface area contributed by atoms with E-state index in [9.17, 15) is 4.79 Å². The van der Waals surface area contributed by atoms with Gasteiger partial charge in [-0.25, -0.2) is 0 Å². The maximum absolute atomic E-state index is 12.5. The number of anilines is 1. The molecule has 0 atom stereocenters. The molecular formula is C17H17N3O4. The van der Waals surface area contributed by atoms with Crippen LogP contribution in [0.15, 0.2) is 36.5 Å². The number of hydrogen-bond donors (Lipinski definition) is 2. The highest BCUT2D eigenvalue weighted by Crippen LogP contribution is 2.40. The van der Waals surface area contributed by atoms with Crippen LogP contribution < -0.4 is 19.5 Å². The molecule has 2 aromatic heterocycles. The second-order valence-electron chi connectivity index (χ2n) is 4.99. The molecule has 0 radical (unpaired) electrons. The number of nitrogens with one attached hydrogen (secondary N) is 2. The summed E-state index contributed by atoms with van der Waals surface area (Å²) >= 11 is 0. The normalized spacial score (nSPS) is 10.5. The summed E-state index contributed by atoms with van der Waals surface area (Å²) in [6, 6.07) is 8.70. The molecule has 0 bridgehead atoms. The highest BCUT2D eigenvalue weighted by Gasteiger charge is 2.16. The zero-order chi connectivity index (χ0) is 17.1. The van der Waals surface area contributed by atoms with E-state index in [1.54, 1.807) is 30.5 Å². The van der Waals surface area contributed by atoms with Crippen LogP contribution in [0.5, 0.6) is 17.2 Å². The first-order valence-corrected chi connectivity index (χ1v) is 7.21. The zero-order valence-electron chi connectivity index (χ0n) is 13.5. The summed E-state index contributed by atoms with van der Waals surface area (Å²) in [5.74, 6) is 1.10. The van der Waals surface area contributed by atoms with Crippen LogP contribution in [0.2, 0.25) is 0 Å². The highest BCUT2D eigenvalue weighted by molar-refractivity contribution is 6.05. The van der Waals surface area contributed by atoms with Crippen molar-refractivity contribution in [3.8, 4) is 17.2 Å². The van der Waals surface area contributed by atoms with Gasteiger partial charge in [-0.3, -0.25) is 9.78 Å². The first-order valence-electron chi connectivity index (χ1n) is 7.21. The van der Waals surface area contributed by atoms with Gasteiger partial charge in [0.05, 0.1) is 32.4 Å². The van der Waals surface area contributed by atoms with Gasteiger partial charge < -0.3 is 24.5 Å². The summed E-state index contributed by atoms with van der Waals surface area (Å²) in [5.41, 5.74) is 2.47. The Kier molecular flexibility index (Phi) is 4.24. The molecule has 7 heteroatoms. The van der Waals surface area contributed by atoms with Crippen LogP contribution in [-0.2, 0) is 0 Å². The molecule has 0 aliphatic carbocycles. The zero-order valence-corrected chi connectivity index (χ0v) is 13.5. The molecule has 0 unspecified atom stereocenters. The number of rotatable bonds is 5. The number of carbonyl (C=O) groups excluding carboxylic acids is 1. The van der Waals surface area contributed by atoms with E-state index in [-0.39, 0.29) is 5.91 Å². The van der Waals surface area contributed by atoms with Gasteiger partial charge in [0, 0.05) is 24.0 Å². The minimum absolute atomic E-state index is 0.290. The van der Waals surface area contributed by atoms with Gasteiger partial charge in [-0.2, -0.15) is 0 Å². The van der Waals surface area contributed by atoms with Crippen molar-refractivity contribution < 1.29 is 19.0 Å². The van der Waals surface area contributed by atoms with Crippen molar-refractivity contribution in [1.82, 2.24) is 9.97 Å². The maximum atomic E-state index is 12.5. The molecule has 7 nitrogen and oxygen atoms in total. The molecule has 2 heterocycles. The van der Waals surface area contributed by atoms with Gasteiger partial charge in [0.2, 0.25) is 5.75 Å². The summed E-state index contributed by atoms with van der Waals surface area (Å²) in [6.45, 7) is 0. The van der Waals surface area contributed by atoms with Crippen molar-refractivity contribution in [2.24, 2.45) is 0 Å². The van der Waals surface area contributed by atoms with Crippen LogP contribution in [0.3, 0.4) is 0 Å². The molecule has 0 fully saturated rings. The molecule has 1 aromatic carbocycles. The van der Waals surface area contributed by atoms with Gasteiger partial charge in [-0.05, 0) is 18.2 Å². The number of carbonyl (C=O) groups is 1. The third-order valence-electron chi connectivity index (χ3n) is 3.56. The summed E-state index contributed by atoms with van der Waals surface area (Å²) in [7, 11) is 4.56. The van der Waals surface area contributed by atoms with Crippen molar-refractivity contribution in [1.29, 1.82) is 0 Å². The van der Waals surface area contributed by atoms with Gasteiger partial charge >= 0.3 is 0 Å². The predicted molar refractivity (Wildman–Crippen MR) is 90.1 cm³/mol. The quantitative estimate of drug-likeness (QED) is 0.752. The number of ether oxygens (including phenoxy) is 3. The average Bonchev–Trinajstić information content (AvgIpc) is 3.05. The molecule has 0 spiro atoms. The smallest absolute Gasteiger partial charge is 0.272 e. The molecule has 1 amide bonds. The van der Waals surface area contributed by atoms with Crippen molar-refractivity contribution in [2.45, 2.75) is 0 Å². The fraction of sp³-hybridized carbons (Fsp3) is 0.176. The number of pyridine rings is 1. The number of H-pyrrole nitrogens is 1. The number of aromatic amines is 1. The minimum atomic E-state index is -0.290. The van der Waals surface area contributed by atoms with Crippen LogP contribution in [-0.4, -0.2) is 37.2 Å². The Labute approximate surface area is 138 Å². The molecule has 24 heavy (non-hydrogen) atoms. The van der Waals surface area contributed by atoms with Gasteiger partial charge in [0.25, 0.3) is 5.91 Å². The average molecular weight is 327 g/mol. The second-order valence-corrected chi connectivity index (χ2v) is 4.99. The largest absolute Gasteiger partial charge is 0.493 e. The van der Waals surface area contributed by atoms with Gasteiger partial charge in [0.1, 0.15) is 5.69 Å². The molecule has 124 valence electrons. The first kappa shape index (κ1) is 15.7. The molecule has 2 N–H and O–H groups in total. The van der Waals surface area contributed by atoms with E-state index in [1.807, 2.05) is 6.07 Å². The fourth-order valence-electron chi connectivity index (χ4n) is 2.43. The number of nitrogens with zero attached hydrogens (tertiary/aromatic N) is 1. The Morgan fingerprint density at radius 1 is 1.08 bits per heavy atom. The number of methoxy groups -OCH3 is 3. The lowest BCUT2D eigenvalue weighted by Gasteiger charge is -2.14. The van der Waals surface area contributed by atoms with E-state index in [1.165, 1.54) is 21.3 Å². The van der Waals surface area contributed by atoms with E-state index >= 15 is 0 Å². The van der Waals surface area contributed by atoms with Crippen molar-refractivity contribution in [3.05, 3.63) is 42.2 Å². The monoisotopic (exact) mass is 327 g/mol. The van der Waals surface area contributed by atoms with Crippen LogP contribution in [0.25, 0.3) is 11.0 Å². The summed E-state index contributed by atoms with van der Waals surface area (Å²) < 4.78 is 15.8. The van der Waals surface area contributed by atoms with Crippen LogP contribution >= 0.6 is 0 Å². The fourth-order valence-corrected chi connectivity index (χ4v) is 2.43. The van der Waals surface area contributed by atoms with Gasteiger partial charge in [0.15, 0.2) is 11.5 Å². The Morgan fingerprint density at radius 2 is 1.79 bits per heavy atom. The lowest BCUT2D eigenvalue weighted by molar-refractivity contribution is 0.102. The van der Waals surface area contributed by atoms with Crippen LogP contribution in [0.1, 0.15) is 10.5 Å². The van der Waals surface area contributed by atoms with Crippen molar-refractivity contribution in [3.63, 3.8) is 0 Å². The summed E-state index contributed by atoms with van der Waals surface area (Å²) in [5, 5.41) is 2.81. The van der Waals surface area contributed by atoms with Crippen LogP contribution in [0.4, 0.5) is 5.69 Å². The Hall–Kier alpha value is -3.22. The first-order chi connectivity index (χ1) is 11.7. The van der Waals surface area contributed by atoms with Crippen LogP contribution in [0, 0.1) is 0 Å². The molecule has 0 saturated heterocycles. The molecule has 3 rings (SSSR count). The molecule has 3 aromatic rings. The highest BCUT2D eigenvalue weighted by atomic mass is 16.5. The van der Waals surface area contributed by atoms with Crippen molar-refractivity contribution in [2.75, 3.05) is 26.6 Å².